The lowest BCUT2D eigenvalue weighted by atomic mass is 9.89. The van der Waals surface area contributed by atoms with Crippen molar-refractivity contribution >= 4 is 0 Å². The van der Waals surface area contributed by atoms with Crippen LogP contribution in [0.1, 0.15) is 64.6 Å². The Balaban J connectivity index is 2.33. The first-order valence-electron chi connectivity index (χ1n) is 6.55. The van der Waals surface area contributed by atoms with Crippen LogP contribution in [-0.4, -0.2) is 11.1 Å². The largest absolute Gasteiger partial charge is 0.489 e. The highest BCUT2D eigenvalue weighted by molar-refractivity contribution is 5.37. The number of hydrogen-bond donors (Lipinski definition) is 0. The molecular weight excluding hydrogens is 210 g/mol. The van der Waals surface area contributed by atoms with Gasteiger partial charge in [0.25, 0.3) is 0 Å². The van der Waals surface area contributed by atoms with Crippen LogP contribution in [0.4, 0.5) is 0 Å². The van der Waals surface area contributed by atoms with E-state index in [1.165, 1.54) is 18.4 Å². The Morgan fingerprint density at radius 3 is 2.41 bits per heavy atom. The molecule has 0 saturated heterocycles. The van der Waals surface area contributed by atoms with Gasteiger partial charge in [-0.3, -0.25) is 4.98 Å². The number of nitrogens with zero attached hydrogens (tertiary/aromatic N) is 1. The van der Waals surface area contributed by atoms with Crippen LogP contribution in [0.2, 0.25) is 0 Å². The van der Waals surface area contributed by atoms with E-state index in [-0.39, 0.29) is 5.41 Å². The Bertz CT molecular complexity index is 400. The van der Waals surface area contributed by atoms with Crippen LogP contribution in [-0.2, 0) is 5.41 Å². The molecule has 2 rings (SSSR count). The number of hydrogen-bond acceptors (Lipinski definition) is 2. The molecule has 0 atom stereocenters. The molecule has 17 heavy (non-hydrogen) atoms. The molecule has 0 spiro atoms. The van der Waals surface area contributed by atoms with Gasteiger partial charge in [0.1, 0.15) is 5.75 Å². The van der Waals surface area contributed by atoms with Crippen molar-refractivity contribution in [3.8, 4) is 5.75 Å². The molecule has 0 amide bonds. The van der Waals surface area contributed by atoms with Gasteiger partial charge in [-0.25, -0.2) is 0 Å². The second-order valence-electron chi connectivity index (χ2n) is 6.33. The lowest BCUT2D eigenvalue weighted by molar-refractivity contribution is 0.297. The van der Waals surface area contributed by atoms with E-state index < -0.39 is 0 Å². The average molecular weight is 233 g/mol. The van der Waals surface area contributed by atoms with Crippen molar-refractivity contribution in [2.45, 2.75) is 64.9 Å². The number of rotatable bonds is 3. The van der Waals surface area contributed by atoms with E-state index in [0.717, 1.165) is 11.4 Å². The van der Waals surface area contributed by atoms with Crippen LogP contribution in [0.5, 0.6) is 5.75 Å². The Kier molecular flexibility index (Phi) is 3.15. The van der Waals surface area contributed by atoms with Crippen molar-refractivity contribution in [3.63, 3.8) is 0 Å². The molecule has 0 aliphatic heterocycles. The summed E-state index contributed by atoms with van der Waals surface area (Å²) < 4.78 is 5.92. The van der Waals surface area contributed by atoms with E-state index in [0.29, 0.717) is 12.0 Å². The molecule has 0 N–H and O–H groups in total. The van der Waals surface area contributed by atoms with Crippen molar-refractivity contribution in [3.05, 3.63) is 23.5 Å². The zero-order chi connectivity index (χ0) is 12.6. The van der Waals surface area contributed by atoms with Gasteiger partial charge >= 0.3 is 0 Å². The second kappa shape index (κ2) is 4.32. The SMILES string of the molecule is CC(C)c1cc(C(C)(C)C)ncc1OC1CC1. The fraction of sp³-hybridized carbons (Fsp3) is 0.667. The Morgan fingerprint density at radius 2 is 1.94 bits per heavy atom. The summed E-state index contributed by atoms with van der Waals surface area (Å²) in [7, 11) is 0. The lowest BCUT2D eigenvalue weighted by Crippen LogP contribution is -2.15. The van der Waals surface area contributed by atoms with Crippen LogP contribution < -0.4 is 4.74 Å². The van der Waals surface area contributed by atoms with Crippen LogP contribution in [0.3, 0.4) is 0 Å². The van der Waals surface area contributed by atoms with Gasteiger partial charge in [-0.1, -0.05) is 34.6 Å². The summed E-state index contributed by atoms with van der Waals surface area (Å²) in [4.78, 5) is 4.55. The van der Waals surface area contributed by atoms with E-state index in [2.05, 4.69) is 45.7 Å². The van der Waals surface area contributed by atoms with Gasteiger partial charge in [0.05, 0.1) is 12.3 Å². The minimum Gasteiger partial charge on any atom is -0.489 e. The molecule has 1 aromatic rings. The number of aromatic nitrogens is 1. The zero-order valence-corrected chi connectivity index (χ0v) is 11.6. The smallest absolute Gasteiger partial charge is 0.141 e. The van der Waals surface area contributed by atoms with Gasteiger partial charge in [-0.15, -0.1) is 0 Å². The fourth-order valence-electron chi connectivity index (χ4n) is 1.78. The molecule has 1 aliphatic rings. The molecule has 1 aliphatic carbocycles. The summed E-state index contributed by atoms with van der Waals surface area (Å²) in [6, 6.07) is 2.21. The van der Waals surface area contributed by atoms with Crippen molar-refractivity contribution in [2.75, 3.05) is 0 Å². The first-order chi connectivity index (χ1) is 7.88. The summed E-state index contributed by atoms with van der Waals surface area (Å²) in [5, 5.41) is 0. The number of pyridine rings is 1. The Morgan fingerprint density at radius 1 is 1.29 bits per heavy atom. The second-order valence-corrected chi connectivity index (χ2v) is 6.33. The zero-order valence-electron chi connectivity index (χ0n) is 11.6. The van der Waals surface area contributed by atoms with Crippen LogP contribution in [0, 0.1) is 0 Å². The third-order valence-corrected chi connectivity index (χ3v) is 3.11. The lowest BCUT2D eigenvalue weighted by Gasteiger charge is -2.21. The van der Waals surface area contributed by atoms with E-state index in [1.807, 2.05) is 6.20 Å². The van der Waals surface area contributed by atoms with Gasteiger partial charge in [-0.2, -0.15) is 0 Å². The van der Waals surface area contributed by atoms with Crippen LogP contribution in [0.25, 0.3) is 0 Å². The summed E-state index contributed by atoms with van der Waals surface area (Å²) in [5.74, 6) is 1.46. The molecule has 1 saturated carbocycles. The first kappa shape index (κ1) is 12.4. The predicted octanol–water partition coefficient (Wildman–Crippen LogP) is 4.04. The summed E-state index contributed by atoms with van der Waals surface area (Å²) in [6.45, 7) is 11.0. The number of ether oxygens (including phenoxy) is 1. The van der Waals surface area contributed by atoms with Gasteiger partial charge < -0.3 is 4.74 Å². The van der Waals surface area contributed by atoms with Gasteiger partial charge in [0.15, 0.2) is 0 Å². The molecule has 2 nitrogen and oxygen atoms in total. The summed E-state index contributed by atoms with van der Waals surface area (Å²) in [5.41, 5.74) is 2.53. The van der Waals surface area contributed by atoms with Crippen molar-refractivity contribution in [1.82, 2.24) is 4.98 Å². The molecule has 2 heteroatoms. The Hall–Kier alpha value is -1.05. The fourth-order valence-corrected chi connectivity index (χ4v) is 1.78. The molecule has 94 valence electrons. The maximum Gasteiger partial charge on any atom is 0.141 e. The molecule has 0 unspecified atom stereocenters. The van der Waals surface area contributed by atoms with E-state index >= 15 is 0 Å². The highest BCUT2D eigenvalue weighted by atomic mass is 16.5. The normalized spacial score (nSPS) is 16.4. The molecule has 0 radical (unpaired) electrons. The molecule has 0 bridgehead atoms. The van der Waals surface area contributed by atoms with Gasteiger partial charge in [-0.05, 0) is 24.8 Å². The highest BCUT2D eigenvalue weighted by Crippen LogP contribution is 2.34. The van der Waals surface area contributed by atoms with Crippen molar-refractivity contribution in [2.24, 2.45) is 0 Å². The molecule has 1 fully saturated rings. The molecule has 0 aromatic carbocycles. The van der Waals surface area contributed by atoms with Crippen LogP contribution in [0.15, 0.2) is 12.3 Å². The highest BCUT2D eigenvalue weighted by Gasteiger charge is 2.26. The molecule has 1 aromatic heterocycles. The quantitative estimate of drug-likeness (QED) is 0.786. The third-order valence-electron chi connectivity index (χ3n) is 3.11. The standard InChI is InChI=1S/C15H23NO/c1-10(2)12-8-14(15(3,4)5)16-9-13(12)17-11-6-7-11/h8-11H,6-7H2,1-5H3. The first-order valence-corrected chi connectivity index (χ1v) is 6.55. The third kappa shape index (κ3) is 2.99. The predicted molar refractivity (Wildman–Crippen MR) is 70.7 cm³/mol. The molecular formula is C15H23NO. The molecule has 1 heterocycles. The van der Waals surface area contributed by atoms with Gasteiger partial charge in [0, 0.05) is 16.7 Å². The van der Waals surface area contributed by atoms with Crippen molar-refractivity contribution in [1.29, 1.82) is 0 Å². The maximum atomic E-state index is 5.92. The topological polar surface area (TPSA) is 22.1 Å². The average Bonchev–Trinajstić information content (AvgIpc) is 3.00. The minimum absolute atomic E-state index is 0.0990. The van der Waals surface area contributed by atoms with E-state index in [1.54, 1.807) is 0 Å². The monoisotopic (exact) mass is 233 g/mol. The summed E-state index contributed by atoms with van der Waals surface area (Å²) in [6.07, 6.45) is 4.74. The Labute approximate surface area is 104 Å². The van der Waals surface area contributed by atoms with Crippen LogP contribution >= 0.6 is 0 Å². The van der Waals surface area contributed by atoms with E-state index in [9.17, 15) is 0 Å². The van der Waals surface area contributed by atoms with Gasteiger partial charge in [0.2, 0.25) is 0 Å². The van der Waals surface area contributed by atoms with E-state index in [4.69, 9.17) is 4.74 Å². The van der Waals surface area contributed by atoms with Crippen molar-refractivity contribution < 1.29 is 4.74 Å². The summed E-state index contributed by atoms with van der Waals surface area (Å²) >= 11 is 0. The minimum atomic E-state index is 0.0990. The maximum absolute atomic E-state index is 5.92.